The summed E-state index contributed by atoms with van der Waals surface area (Å²) in [5.74, 6) is 0.564. The first-order valence-electron chi connectivity index (χ1n) is 7.00. The molecule has 6 heteroatoms. The van der Waals surface area contributed by atoms with Crippen LogP contribution in [0.3, 0.4) is 0 Å². The van der Waals surface area contributed by atoms with Gasteiger partial charge in [-0.05, 0) is 74.5 Å². The number of aromatic nitrogens is 3. The van der Waals surface area contributed by atoms with E-state index in [-0.39, 0.29) is 5.56 Å². The zero-order chi connectivity index (χ0) is 16.1. The Hall–Kier alpha value is -1.92. The zero-order valence-corrected chi connectivity index (χ0v) is 15.2. The first-order chi connectivity index (χ1) is 11.0. The van der Waals surface area contributed by atoms with Crippen LogP contribution in [0.5, 0.6) is 0 Å². The molecule has 0 spiro atoms. The molecule has 2 N–H and O–H groups in total. The van der Waals surface area contributed by atoms with E-state index in [9.17, 15) is 4.79 Å². The molecule has 0 aliphatic carbocycles. The standard InChI is InChI=1S/C17H11Br2N3O/c1-8-2-3-13-9(4-8)5-10(17(23)22-13)16-20-14-6-11(18)12(19)7-15(14)21-16/h2-7H,1H3,(H,20,21)(H,22,23). The summed E-state index contributed by atoms with van der Waals surface area (Å²) in [5.41, 5.74) is 4.03. The van der Waals surface area contributed by atoms with Crippen LogP contribution in [0.4, 0.5) is 0 Å². The minimum Gasteiger partial charge on any atom is -0.338 e. The summed E-state index contributed by atoms with van der Waals surface area (Å²) in [7, 11) is 0. The minimum atomic E-state index is -0.154. The molecular weight excluding hydrogens is 422 g/mol. The summed E-state index contributed by atoms with van der Waals surface area (Å²) < 4.78 is 1.86. The van der Waals surface area contributed by atoms with Crippen molar-refractivity contribution in [1.29, 1.82) is 0 Å². The maximum Gasteiger partial charge on any atom is 0.259 e. The van der Waals surface area contributed by atoms with Gasteiger partial charge < -0.3 is 9.97 Å². The van der Waals surface area contributed by atoms with Gasteiger partial charge in [-0.25, -0.2) is 4.98 Å². The first-order valence-corrected chi connectivity index (χ1v) is 8.59. The van der Waals surface area contributed by atoms with Gasteiger partial charge >= 0.3 is 0 Å². The van der Waals surface area contributed by atoms with Crippen molar-refractivity contribution in [1.82, 2.24) is 15.0 Å². The summed E-state index contributed by atoms with van der Waals surface area (Å²) in [6.07, 6.45) is 0. The Bertz CT molecular complexity index is 1090. The lowest BCUT2D eigenvalue weighted by Gasteiger charge is -2.02. The molecule has 0 aliphatic heterocycles. The summed E-state index contributed by atoms with van der Waals surface area (Å²) in [6, 6.07) is 11.7. The SMILES string of the molecule is Cc1ccc2[nH]c(=O)c(-c3nc4cc(Br)c(Br)cc4[nH]3)cc2c1. The van der Waals surface area contributed by atoms with Crippen molar-refractivity contribution in [3.05, 3.63) is 61.3 Å². The van der Waals surface area contributed by atoms with Crippen LogP contribution in [-0.2, 0) is 0 Å². The zero-order valence-electron chi connectivity index (χ0n) is 12.1. The molecular formula is C17H11Br2N3O. The number of halogens is 2. The minimum absolute atomic E-state index is 0.154. The Morgan fingerprint density at radius 3 is 2.57 bits per heavy atom. The van der Waals surface area contributed by atoms with Crippen LogP contribution in [0.1, 0.15) is 5.56 Å². The summed E-state index contributed by atoms with van der Waals surface area (Å²) in [5, 5.41) is 0.988. The number of hydrogen-bond acceptors (Lipinski definition) is 2. The molecule has 0 saturated heterocycles. The Morgan fingerprint density at radius 1 is 0.957 bits per heavy atom. The summed E-state index contributed by atoms with van der Waals surface area (Å²) in [6.45, 7) is 2.03. The van der Waals surface area contributed by atoms with Gasteiger partial charge in [0, 0.05) is 14.5 Å². The number of benzene rings is 2. The molecule has 0 aliphatic rings. The maximum absolute atomic E-state index is 12.4. The van der Waals surface area contributed by atoms with Crippen LogP contribution in [0.15, 0.2) is 50.1 Å². The van der Waals surface area contributed by atoms with E-state index in [2.05, 4.69) is 46.8 Å². The molecule has 4 nitrogen and oxygen atoms in total. The number of imidazole rings is 1. The number of nitrogens with one attached hydrogen (secondary N) is 2. The van der Waals surface area contributed by atoms with Crippen LogP contribution >= 0.6 is 31.9 Å². The highest BCUT2D eigenvalue weighted by Crippen LogP contribution is 2.29. The molecule has 0 fully saturated rings. The second-order valence-corrected chi connectivity index (χ2v) is 7.18. The van der Waals surface area contributed by atoms with Crippen molar-refractivity contribution in [2.24, 2.45) is 0 Å². The Balaban J connectivity index is 1.97. The molecule has 0 amide bonds. The van der Waals surface area contributed by atoms with E-state index in [1.54, 1.807) is 0 Å². The number of aromatic amines is 2. The van der Waals surface area contributed by atoms with Crippen molar-refractivity contribution in [2.75, 3.05) is 0 Å². The van der Waals surface area contributed by atoms with Crippen LogP contribution in [-0.4, -0.2) is 15.0 Å². The second kappa shape index (κ2) is 5.32. The highest BCUT2D eigenvalue weighted by atomic mass is 79.9. The number of nitrogens with zero attached hydrogens (tertiary/aromatic N) is 1. The van der Waals surface area contributed by atoms with Crippen molar-refractivity contribution in [3.63, 3.8) is 0 Å². The first kappa shape index (κ1) is 14.7. The Morgan fingerprint density at radius 2 is 1.74 bits per heavy atom. The number of H-pyrrole nitrogens is 2. The molecule has 4 aromatic rings. The molecule has 2 aromatic heterocycles. The summed E-state index contributed by atoms with van der Waals surface area (Å²) >= 11 is 6.94. The number of fused-ring (bicyclic) bond motifs is 2. The van der Waals surface area contributed by atoms with E-state index in [4.69, 9.17) is 0 Å². The summed E-state index contributed by atoms with van der Waals surface area (Å²) in [4.78, 5) is 23.1. The number of hydrogen-bond donors (Lipinski definition) is 2. The highest BCUT2D eigenvalue weighted by Gasteiger charge is 2.12. The van der Waals surface area contributed by atoms with E-state index in [0.29, 0.717) is 11.4 Å². The molecule has 114 valence electrons. The molecule has 2 heterocycles. The van der Waals surface area contributed by atoms with E-state index in [1.165, 1.54) is 0 Å². The van der Waals surface area contributed by atoms with E-state index >= 15 is 0 Å². The fourth-order valence-electron chi connectivity index (χ4n) is 2.63. The number of pyridine rings is 1. The molecule has 0 atom stereocenters. The predicted octanol–water partition coefficient (Wildman–Crippen LogP) is 4.90. The molecule has 4 rings (SSSR count). The van der Waals surface area contributed by atoms with Gasteiger partial charge in [0.05, 0.1) is 16.6 Å². The molecule has 2 aromatic carbocycles. The van der Waals surface area contributed by atoms with Crippen molar-refractivity contribution in [3.8, 4) is 11.4 Å². The fourth-order valence-corrected chi connectivity index (χ4v) is 3.31. The normalized spacial score (nSPS) is 11.4. The monoisotopic (exact) mass is 431 g/mol. The van der Waals surface area contributed by atoms with Crippen molar-refractivity contribution >= 4 is 53.8 Å². The van der Waals surface area contributed by atoms with Gasteiger partial charge in [-0.3, -0.25) is 4.79 Å². The number of aryl methyl sites for hydroxylation is 1. The Kier molecular flexibility index (Phi) is 3.39. The van der Waals surface area contributed by atoms with Crippen molar-refractivity contribution < 1.29 is 0 Å². The lowest BCUT2D eigenvalue weighted by atomic mass is 10.1. The van der Waals surface area contributed by atoms with E-state index in [1.807, 2.05) is 43.3 Å². The third kappa shape index (κ3) is 2.52. The highest BCUT2D eigenvalue weighted by molar-refractivity contribution is 9.13. The quantitative estimate of drug-likeness (QED) is 0.449. The van der Waals surface area contributed by atoms with Crippen LogP contribution in [0, 0.1) is 6.92 Å². The maximum atomic E-state index is 12.4. The van der Waals surface area contributed by atoms with Gasteiger partial charge in [0.25, 0.3) is 5.56 Å². The van der Waals surface area contributed by atoms with Gasteiger partial charge in [-0.2, -0.15) is 0 Å². The van der Waals surface area contributed by atoms with Gasteiger partial charge in [0.1, 0.15) is 5.82 Å². The fraction of sp³-hybridized carbons (Fsp3) is 0.0588. The third-order valence-corrected chi connectivity index (χ3v) is 5.62. The van der Waals surface area contributed by atoms with Gasteiger partial charge in [0.2, 0.25) is 0 Å². The lowest BCUT2D eigenvalue weighted by molar-refractivity contribution is 1.25. The third-order valence-electron chi connectivity index (χ3n) is 3.78. The average molecular weight is 433 g/mol. The smallest absolute Gasteiger partial charge is 0.259 e. The topological polar surface area (TPSA) is 61.5 Å². The van der Waals surface area contributed by atoms with Crippen molar-refractivity contribution in [2.45, 2.75) is 6.92 Å². The van der Waals surface area contributed by atoms with Gasteiger partial charge in [-0.1, -0.05) is 11.6 Å². The van der Waals surface area contributed by atoms with E-state index < -0.39 is 0 Å². The molecule has 0 unspecified atom stereocenters. The molecule has 0 bridgehead atoms. The average Bonchev–Trinajstić information content (AvgIpc) is 2.90. The number of rotatable bonds is 1. The van der Waals surface area contributed by atoms with Crippen LogP contribution in [0.2, 0.25) is 0 Å². The second-order valence-electron chi connectivity index (χ2n) is 5.47. The predicted molar refractivity (Wildman–Crippen MR) is 99.8 cm³/mol. The van der Waals surface area contributed by atoms with Gasteiger partial charge in [0.15, 0.2) is 0 Å². The lowest BCUT2D eigenvalue weighted by Crippen LogP contribution is -2.09. The van der Waals surface area contributed by atoms with Crippen LogP contribution in [0.25, 0.3) is 33.3 Å². The molecule has 0 saturated carbocycles. The van der Waals surface area contributed by atoms with Crippen LogP contribution < -0.4 is 5.56 Å². The van der Waals surface area contributed by atoms with Gasteiger partial charge in [-0.15, -0.1) is 0 Å². The Labute approximate surface area is 148 Å². The van der Waals surface area contributed by atoms with E-state index in [0.717, 1.165) is 36.4 Å². The largest absolute Gasteiger partial charge is 0.338 e. The molecule has 0 radical (unpaired) electrons. The molecule has 23 heavy (non-hydrogen) atoms.